The second kappa shape index (κ2) is 11.0. The molecule has 2 aliphatic rings. The number of hydrogen-bond acceptors (Lipinski definition) is 7. The molecule has 45 heavy (non-hydrogen) atoms. The Hall–Kier alpha value is -5.25. The van der Waals surface area contributed by atoms with Gasteiger partial charge in [0.2, 0.25) is 0 Å². The SMILES string of the molecule is COc1ccc(-c2cnc3n2CCNC3)cc1C(=O)Nc1cc2c(cc1C(=O)Nc1ccc(F)c(C(F)(F)F)c1)OC(F)(F)O2. The fourth-order valence-electron chi connectivity index (χ4n) is 4.97. The predicted octanol–water partition coefficient (Wildman–Crippen LogP) is 5.65. The Morgan fingerprint density at radius 1 is 1.00 bits per heavy atom. The van der Waals surface area contributed by atoms with Gasteiger partial charge in [0.15, 0.2) is 11.5 Å². The normalized spacial score (nSPS) is 14.9. The van der Waals surface area contributed by atoms with E-state index in [4.69, 9.17) is 4.74 Å². The number of hydrogen-bond donors (Lipinski definition) is 3. The summed E-state index contributed by atoms with van der Waals surface area (Å²) >= 11 is 0. The molecule has 3 aromatic carbocycles. The van der Waals surface area contributed by atoms with Gasteiger partial charge in [-0.1, -0.05) is 0 Å². The summed E-state index contributed by atoms with van der Waals surface area (Å²) in [5, 5.41) is 7.85. The van der Waals surface area contributed by atoms with Crippen molar-refractivity contribution in [3.8, 4) is 28.5 Å². The molecule has 16 heteroatoms. The number of amides is 2. The molecule has 3 heterocycles. The number of ether oxygens (including phenoxy) is 3. The van der Waals surface area contributed by atoms with Crippen molar-refractivity contribution in [2.75, 3.05) is 24.3 Å². The number of nitrogens with zero attached hydrogens (tertiary/aromatic N) is 2. The van der Waals surface area contributed by atoms with Gasteiger partial charge in [-0.15, -0.1) is 8.78 Å². The van der Waals surface area contributed by atoms with Crippen LogP contribution in [-0.4, -0.2) is 41.3 Å². The summed E-state index contributed by atoms with van der Waals surface area (Å²) in [6.07, 6.45) is -7.49. The smallest absolute Gasteiger partial charge is 0.496 e. The summed E-state index contributed by atoms with van der Waals surface area (Å²) in [5.74, 6) is -3.68. The van der Waals surface area contributed by atoms with Gasteiger partial charge in [-0.3, -0.25) is 9.59 Å². The monoisotopic (exact) mass is 633 g/mol. The Kier molecular flexibility index (Phi) is 7.31. The molecule has 0 unspecified atom stereocenters. The van der Waals surface area contributed by atoms with Crippen molar-refractivity contribution in [2.45, 2.75) is 25.6 Å². The molecule has 0 saturated heterocycles. The van der Waals surface area contributed by atoms with Gasteiger partial charge in [0.1, 0.15) is 17.4 Å². The number of halogens is 6. The van der Waals surface area contributed by atoms with Crippen molar-refractivity contribution in [1.29, 1.82) is 0 Å². The average molecular weight is 634 g/mol. The molecule has 4 aromatic rings. The Balaban J connectivity index is 1.35. The summed E-state index contributed by atoms with van der Waals surface area (Å²) < 4.78 is 97.4. The number of imidazole rings is 1. The third-order valence-corrected chi connectivity index (χ3v) is 7.04. The first-order valence-electron chi connectivity index (χ1n) is 13.2. The van der Waals surface area contributed by atoms with E-state index in [2.05, 4.69) is 30.4 Å². The van der Waals surface area contributed by atoms with E-state index in [1.165, 1.54) is 13.2 Å². The van der Waals surface area contributed by atoms with Crippen LogP contribution >= 0.6 is 0 Å². The van der Waals surface area contributed by atoms with Crippen LogP contribution in [0.4, 0.5) is 37.7 Å². The van der Waals surface area contributed by atoms with Gasteiger partial charge in [-0.25, -0.2) is 9.37 Å². The van der Waals surface area contributed by atoms with Gasteiger partial charge in [-0.05, 0) is 42.5 Å². The molecular weight excluding hydrogens is 612 g/mol. The van der Waals surface area contributed by atoms with Crippen LogP contribution in [-0.2, 0) is 19.3 Å². The van der Waals surface area contributed by atoms with Crippen molar-refractivity contribution in [2.24, 2.45) is 0 Å². The van der Waals surface area contributed by atoms with E-state index in [1.807, 2.05) is 4.57 Å². The summed E-state index contributed by atoms with van der Waals surface area (Å²) in [6, 6.07) is 8.29. The highest BCUT2D eigenvalue weighted by Gasteiger charge is 2.44. The number of benzene rings is 3. The van der Waals surface area contributed by atoms with E-state index in [0.717, 1.165) is 29.7 Å². The summed E-state index contributed by atoms with van der Waals surface area (Å²) in [4.78, 5) is 31.3. The summed E-state index contributed by atoms with van der Waals surface area (Å²) in [7, 11) is 1.33. The van der Waals surface area contributed by atoms with Crippen molar-refractivity contribution >= 4 is 23.2 Å². The third kappa shape index (κ3) is 5.83. The minimum atomic E-state index is -5.06. The molecule has 3 N–H and O–H groups in total. The van der Waals surface area contributed by atoms with E-state index >= 15 is 0 Å². The van der Waals surface area contributed by atoms with E-state index in [-0.39, 0.29) is 17.0 Å². The Morgan fingerprint density at radius 2 is 1.73 bits per heavy atom. The number of aromatic nitrogens is 2. The Bertz CT molecular complexity index is 1840. The van der Waals surface area contributed by atoms with E-state index in [1.54, 1.807) is 18.3 Å². The van der Waals surface area contributed by atoms with Crippen LogP contribution in [0.15, 0.2) is 54.7 Å². The summed E-state index contributed by atoms with van der Waals surface area (Å²) in [6.45, 7) is 1.91. The molecular formula is C29H21F6N5O5. The first-order chi connectivity index (χ1) is 21.3. The van der Waals surface area contributed by atoms with E-state index < -0.39 is 58.4 Å². The van der Waals surface area contributed by atoms with Gasteiger partial charge in [-0.2, -0.15) is 13.2 Å². The lowest BCUT2D eigenvalue weighted by Crippen LogP contribution is -2.28. The van der Waals surface area contributed by atoms with Crippen LogP contribution in [0, 0.1) is 5.82 Å². The molecule has 2 amide bonds. The van der Waals surface area contributed by atoms with Gasteiger partial charge < -0.3 is 34.7 Å². The number of carbonyl (C=O) groups excluding carboxylic acids is 2. The third-order valence-electron chi connectivity index (χ3n) is 7.04. The first-order valence-corrected chi connectivity index (χ1v) is 13.2. The molecule has 0 spiro atoms. The zero-order chi connectivity index (χ0) is 32.1. The van der Waals surface area contributed by atoms with Crippen LogP contribution < -0.4 is 30.2 Å². The molecule has 6 rings (SSSR count). The van der Waals surface area contributed by atoms with Crippen molar-refractivity contribution in [1.82, 2.24) is 14.9 Å². The topological polar surface area (TPSA) is 116 Å². The van der Waals surface area contributed by atoms with Crippen LogP contribution in [0.25, 0.3) is 11.3 Å². The maximum atomic E-state index is 13.9. The molecule has 0 saturated carbocycles. The molecule has 1 aromatic heterocycles. The van der Waals surface area contributed by atoms with Gasteiger partial charge >= 0.3 is 12.5 Å². The second-order valence-corrected chi connectivity index (χ2v) is 9.92. The standard InChI is InChI=1S/C29H21F6N5O5/c1-43-22-5-2-14(21-12-37-25-13-36-6-7-40(21)25)8-17(22)27(42)39-20-11-24-23(44-29(34,35)45-24)10-16(20)26(41)38-15-3-4-19(30)18(9-15)28(31,32)33/h2-5,8-12,36H,6-7,13H2,1H3,(H,38,41)(H,39,42). The van der Waals surface area contributed by atoms with Crippen LogP contribution in [0.2, 0.25) is 0 Å². The van der Waals surface area contributed by atoms with Gasteiger partial charge in [0, 0.05) is 30.4 Å². The molecule has 10 nitrogen and oxygen atoms in total. The van der Waals surface area contributed by atoms with Crippen molar-refractivity contribution in [3.63, 3.8) is 0 Å². The lowest BCUT2D eigenvalue weighted by molar-refractivity contribution is -0.286. The Morgan fingerprint density at radius 3 is 2.47 bits per heavy atom. The Labute approximate surface area is 249 Å². The minimum absolute atomic E-state index is 0.00203. The molecule has 0 bridgehead atoms. The maximum absolute atomic E-state index is 13.9. The zero-order valence-corrected chi connectivity index (χ0v) is 23.0. The molecule has 0 aliphatic carbocycles. The number of nitrogens with one attached hydrogen (secondary N) is 3. The van der Waals surface area contributed by atoms with Crippen LogP contribution in [0.3, 0.4) is 0 Å². The molecule has 2 aliphatic heterocycles. The number of anilines is 2. The van der Waals surface area contributed by atoms with E-state index in [0.29, 0.717) is 37.3 Å². The van der Waals surface area contributed by atoms with Crippen molar-refractivity contribution < 1.29 is 50.1 Å². The van der Waals surface area contributed by atoms with E-state index in [9.17, 15) is 35.9 Å². The lowest BCUT2D eigenvalue weighted by atomic mass is 10.1. The largest absolute Gasteiger partial charge is 0.586 e. The number of alkyl halides is 5. The second-order valence-electron chi connectivity index (χ2n) is 9.92. The lowest BCUT2D eigenvalue weighted by Gasteiger charge is -2.18. The highest BCUT2D eigenvalue weighted by molar-refractivity contribution is 6.14. The highest BCUT2D eigenvalue weighted by Crippen LogP contribution is 2.44. The molecule has 0 radical (unpaired) electrons. The fourth-order valence-corrected chi connectivity index (χ4v) is 4.97. The summed E-state index contributed by atoms with van der Waals surface area (Å²) in [5.41, 5.74) is -1.58. The molecule has 0 atom stereocenters. The predicted molar refractivity (Wildman–Crippen MR) is 146 cm³/mol. The number of methoxy groups -OCH3 is 1. The average Bonchev–Trinajstić information content (AvgIpc) is 3.55. The van der Waals surface area contributed by atoms with Gasteiger partial charge in [0.25, 0.3) is 11.8 Å². The van der Waals surface area contributed by atoms with Gasteiger partial charge in [0.05, 0.1) is 47.9 Å². The zero-order valence-electron chi connectivity index (χ0n) is 23.0. The quantitative estimate of drug-likeness (QED) is 0.235. The van der Waals surface area contributed by atoms with Crippen LogP contribution in [0.1, 0.15) is 32.1 Å². The number of rotatable bonds is 6. The molecule has 0 fully saturated rings. The first kappa shape index (κ1) is 29.8. The minimum Gasteiger partial charge on any atom is -0.496 e. The number of fused-ring (bicyclic) bond motifs is 2. The van der Waals surface area contributed by atoms with Crippen LogP contribution in [0.5, 0.6) is 17.2 Å². The molecule has 234 valence electrons. The fraction of sp³-hybridized carbons (Fsp3) is 0.207. The highest BCUT2D eigenvalue weighted by atomic mass is 19.4. The van der Waals surface area contributed by atoms with Crippen molar-refractivity contribution in [3.05, 3.63) is 83.1 Å². The maximum Gasteiger partial charge on any atom is 0.586 e. The number of carbonyl (C=O) groups is 2.